The normalized spacial score (nSPS) is 10.8. The largest absolute Gasteiger partial charge is 0.488 e. The number of hydrogen-bond donors (Lipinski definition) is 0. The Morgan fingerprint density at radius 3 is 2.44 bits per heavy atom. The van der Waals surface area contributed by atoms with Crippen LogP contribution in [0, 0.1) is 5.82 Å². The van der Waals surface area contributed by atoms with Gasteiger partial charge in [-0.2, -0.15) is 0 Å². The Bertz CT molecular complexity index is 298. The van der Waals surface area contributed by atoms with Gasteiger partial charge in [-0.15, -0.1) is 0 Å². The smallest absolute Gasteiger partial charge is 0.191 e. The molecule has 0 radical (unpaired) electrons. The molecule has 0 unspecified atom stereocenters. The number of hydrogen-bond acceptors (Lipinski definition) is 3. The summed E-state index contributed by atoms with van der Waals surface area (Å²) in [4.78, 5) is 0. The van der Waals surface area contributed by atoms with Crippen LogP contribution in [0.15, 0.2) is 24.3 Å². The second-order valence-corrected chi connectivity index (χ2v) is 3.11. The summed E-state index contributed by atoms with van der Waals surface area (Å²) >= 11 is 0. The summed E-state index contributed by atoms with van der Waals surface area (Å²) in [5, 5.41) is 0. The van der Waals surface area contributed by atoms with Crippen molar-refractivity contribution < 1.29 is 18.6 Å². The van der Waals surface area contributed by atoms with Crippen LogP contribution in [0.1, 0.15) is 13.8 Å². The highest BCUT2D eigenvalue weighted by Crippen LogP contribution is 2.12. The fourth-order valence-electron chi connectivity index (χ4n) is 1.24. The van der Waals surface area contributed by atoms with Gasteiger partial charge in [-0.25, -0.2) is 4.39 Å². The van der Waals surface area contributed by atoms with Crippen molar-refractivity contribution >= 4 is 0 Å². The molecule has 1 aromatic carbocycles. The van der Waals surface area contributed by atoms with Gasteiger partial charge in [0, 0.05) is 19.3 Å². The third-order valence-corrected chi connectivity index (χ3v) is 1.89. The summed E-state index contributed by atoms with van der Waals surface area (Å²) in [5.41, 5.74) is 0. The van der Waals surface area contributed by atoms with Gasteiger partial charge in [0.15, 0.2) is 6.29 Å². The quantitative estimate of drug-likeness (QED) is 0.671. The number of rotatable bonds is 7. The van der Waals surface area contributed by atoms with Crippen molar-refractivity contribution in [3.63, 3.8) is 0 Å². The van der Waals surface area contributed by atoms with Crippen molar-refractivity contribution in [2.24, 2.45) is 0 Å². The molecule has 4 heteroatoms. The van der Waals surface area contributed by atoms with E-state index in [2.05, 4.69) is 0 Å². The SMILES string of the molecule is CCOC(COc1cccc(F)c1)OCC. The molecule has 0 amide bonds. The van der Waals surface area contributed by atoms with E-state index in [9.17, 15) is 4.39 Å². The Hall–Kier alpha value is -1.13. The van der Waals surface area contributed by atoms with E-state index in [0.717, 1.165) is 0 Å². The number of halogens is 1. The minimum absolute atomic E-state index is 0.255. The summed E-state index contributed by atoms with van der Waals surface area (Å²) in [7, 11) is 0. The second kappa shape index (κ2) is 7.19. The van der Waals surface area contributed by atoms with Crippen LogP contribution in [0.4, 0.5) is 4.39 Å². The fraction of sp³-hybridized carbons (Fsp3) is 0.500. The molecule has 0 atom stereocenters. The maximum Gasteiger partial charge on any atom is 0.191 e. The topological polar surface area (TPSA) is 27.7 Å². The van der Waals surface area contributed by atoms with E-state index in [1.54, 1.807) is 12.1 Å². The third-order valence-electron chi connectivity index (χ3n) is 1.89. The summed E-state index contributed by atoms with van der Waals surface area (Å²) < 4.78 is 28.8. The van der Waals surface area contributed by atoms with Crippen LogP contribution in [0.2, 0.25) is 0 Å². The van der Waals surface area contributed by atoms with Gasteiger partial charge in [-0.3, -0.25) is 0 Å². The highest BCUT2D eigenvalue weighted by Gasteiger charge is 2.08. The zero-order valence-corrected chi connectivity index (χ0v) is 9.61. The van der Waals surface area contributed by atoms with Crippen LogP contribution >= 0.6 is 0 Å². The van der Waals surface area contributed by atoms with Crippen molar-refractivity contribution in [1.82, 2.24) is 0 Å². The molecule has 0 saturated heterocycles. The Labute approximate surface area is 95.1 Å². The highest BCUT2D eigenvalue weighted by atomic mass is 19.1. The lowest BCUT2D eigenvalue weighted by Crippen LogP contribution is -2.25. The lowest BCUT2D eigenvalue weighted by molar-refractivity contribution is -0.152. The molecule has 1 aromatic rings. The van der Waals surface area contributed by atoms with Gasteiger partial charge in [0.25, 0.3) is 0 Å². The lowest BCUT2D eigenvalue weighted by atomic mass is 10.3. The van der Waals surface area contributed by atoms with Crippen LogP contribution in [0.3, 0.4) is 0 Å². The minimum atomic E-state index is -0.404. The molecule has 0 heterocycles. The summed E-state index contributed by atoms with van der Waals surface area (Å²) in [6.45, 7) is 5.13. The number of ether oxygens (including phenoxy) is 3. The van der Waals surface area contributed by atoms with Crippen LogP contribution in [0.25, 0.3) is 0 Å². The predicted octanol–water partition coefficient (Wildman–Crippen LogP) is 2.60. The van der Waals surface area contributed by atoms with E-state index >= 15 is 0 Å². The van der Waals surface area contributed by atoms with Gasteiger partial charge in [-0.05, 0) is 26.0 Å². The number of benzene rings is 1. The monoisotopic (exact) mass is 228 g/mol. The van der Waals surface area contributed by atoms with E-state index in [1.807, 2.05) is 13.8 Å². The van der Waals surface area contributed by atoms with Crippen molar-refractivity contribution in [1.29, 1.82) is 0 Å². The molecule has 3 nitrogen and oxygen atoms in total. The molecular formula is C12H17FO3. The Morgan fingerprint density at radius 2 is 1.88 bits per heavy atom. The molecule has 0 bridgehead atoms. The second-order valence-electron chi connectivity index (χ2n) is 3.11. The molecule has 0 aliphatic heterocycles. The zero-order valence-electron chi connectivity index (χ0n) is 9.61. The standard InChI is InChI=1S/C12H17FO3/c1-3-14-12(15-4-2)9-16-11-7-5-6-10(13)8-11/h5-8,12H,3-4,9H2,1-2H3. The molecule has 0 aliphatic carbocycles. The molecule has 0 spiro atoms. The van der Waals surface area contributed by atoms with Crippen LogP contribution in [-0.4, -0.2) is 26.1 Å². The van der Waals surface area contributed by atoms with Crippen LogP contribution < -0.4 is 4.74 Å². The molecule has 0 N–H and O–H groups in total. The van der Waals surface area contributed by atoms with Crippen molar-refractivity contribution in [2.45, 2.75) is 20.1 Å². The first-order chi connectivity index (χ1) is 7.76. The van der Waals surface area contributed by atoms with Gasteiger partial charge in [-0.1, -0.05) is 6.07 Å². The van der Waals surface area contributed by atoms with Crippen molar-refractivity contribution in [3.8, 4) is 5.75 Å². The van der Waals surface area contributed by atoms with E-state index in [1.165, 1.54) is 12.1 Å². The first kappa shape index (κ1) is 12.9. The molecular weight excluding hydrogens is 211 g/mol. The van der Waals surface area contributed by atoms with Gasteiger partial charge < -0.3 is 14.2 Å². The Kier molecular flexibility index (Phi) is 5.82. The fourth-order valence-corrected chi connectivity index (χ4v) is 1.24. The van der Waals surface area contributed by atoms with E-state index < -0.39 is 6.29 Å². The lowest BCUT2D eigenvalue weighted by Gasteiger charge is -2.17. The zero-order chi connectivity index (χ0) is 11.8. The average Bonchev–Trinajstić information content (AvgIpc) is 2.27. The average molecular weight is 228 g/mol. The highest BCUT2D eigenvalue weighted by molar-refractivity contribution is 5.22. The summed E-state index contributed by atoms with van der Waals surface area (Å²) in [6.07, 6.45) is -0.404. The van der Waals surface area contributed by atoms with Crippen LogP contribution in [0.5, 0.6) is 5.75 Å². The maximum absolute atomic E-state index is 12.8. The van der Waals surface area contributed by atoms with Gasteiger partial charge >= 0.3 is 0 Å². The molecule has 0 aromatic heterocycles. The maximum atomic E-state index is 12.8. The molecule has 0 aliphatic rings. The van der Waals surface area contributed by atoms with E-state index in [4.69, 9.17) is 14.2 Å². The molecule has 0 fully saturated rings. The van der Waals surface area contributed by atoms with Gasteiger partial charge in [0.2, 0.25) is 0 Å². The first-order valence-electron chi connectivity index (χ1n) is 5.37. The Morgan fingerprint density at radius 1 is 1.19 bits per heavy atom. The Balaban J connectivity index is 2.41. The summed E-state index contributed by atoms with van der Waals surface area (Å²) in [5.74, 6) is 0.159. The first-order valence-corrected chi connectivity index (χ1v) is 5.37. The van der Waals surface area contributed by atoms with E-state index in [0.29, 0.717) is 19.0 Å². The van der Waals surface area contributed by atoms with E-state index in [-0.39, 0.29) is 12.4 Å². The minimum Gasteiger partial charge on any atom is -0.488 e. The molecule has 90 valence electrons. The molecule has 16 heavy (non-hydrogen) atoms. The van der Waals surface area contributed by atoms with Crippen molar-refractivity contribution in [3.05, 3.63) is 30.1 Å². The van der Waals surface area contributed by atoms with Crippen molar-refractivity contribution in [2.75, 3.05) is 19.8 Å². The summed E-state index contributed by atoms with van der Waals surface area (Å²) in [6, 6.07) is 5.99. The van der Waals surface area contributed by atoms with Gasteiger partial charge in [0.1, 0.15) is 18.2 Å². The van der Waals surface area contributed by atoms with Gasteiger partial charge in [0.05, 0.1) is 0 Å². The predicted molar refractivity (Wildman–Crippen MR) is 58.9 cm³/mol. The van der Waals surface area contributed by atoms with Crippen LogP contribution in [-0.2, 0) is 9.47 Å². The molecule has 0 saturated carbocycles. The third kappa shape index (κ3) is 4.59. The molecule has 1 rings (SSSR count).